The molecular formula is C43H34FN3O4S. The summed E-state index contributed by atoms with van der Waals surface area (Å²) >= 11 is 1.29. The molecule has 0 aromatic heterocycles. The van der Waals surface area contributed by atoms with Crippen LogP contribution in [0.4, 0.5) is 15.8 Å². The molecule has 6 rings (SSSR count). The van der Waals surface area contributed by atoms with Gasteiger partial charge in [0, 0.05) is 16.1 Å². The molecule has 0 spiro atoms. The Bertz CT molecular complexity index is 2150. The second kappa shape index (κ2) is 17.5. The van der Waals surface area contributed by atoms with Gasteiger partial charge in [-0.2, -0.15) is 0 Å². The third kappa shape index (κ3) is 9.83. The Morgan fingerprint density at radius 1 is 0.673 bits per heavy atom. The number of hydrogen-bond acceptors (Lipinski definition) is 5. The highest BCUT2D eigenvalue weighted by molar-refractivity contribution is 8.00. The Balaban J connectivity index is 1.17. The third-order valence-electron chi connectivity index (χ3n) is 7.81. The van der Waals surface area contributed by atoms with Gasteiger partial charge < -0.3 is 20.7 Å². The predicted molar refractivity (Wildman–Crippen MR) is 204 cm³/mol. The number of thioether (sulfide) groups is 1. The van der Waals surface area contributed by atoms with E-state index in [1.165, 1.54) is 23.9 Å². The van der Waals surface area contributed by atoms with Crippen molar-refractivity contribution in [3.05, 3.63) is 198 Å². The number of anilines is 2. The molecule has 52 heavy (non-hydrogen) atoms. The van der Waals surface area contributed by atoms with Crippen LogP contribution in [-0.2, 0) is 16.2 Å². The van der Waals surface area contributed by atoms with Crippen molar-refractivity contribution in [2.24, 2.45) is 0 Å². The van der Waals surface area contributed by atoms with Crippen LogP contribution in [0.1, 0.15) is 32.3 Å². The molecule has 6 aromatic rings. The largest absolute Gasteiger partial charge is 0.489 e. The van der Waals surface area contributed by atoms with Gasteiger partial charge in [0.25, 0.3) is 11.8 Å². The topological polar surface area (TPSA) is 96.5 Å². The molecule has 6 aromatic carbocycles. The number of nitrogens with one attached hydrogen (secondary N) is 3. The number of benzene rings is 6. The Kier molecular flexibility index (Phi) is 11.9. The van der Waals surface area contributed by atoms with Crippen molar-refractivity contribution < 1.29 is 23.5 Å². The highest BCUT2D eigenvalue weighted by atomic mass is 32.2. The molecule has 3 amide bonds. The zero-order valence-electron chi connectivity index (χ0n) is 27.9. The highest BCUT2D eigenvalue weighted by Gasteiger charge is 2.23. The molecule has 0 heterocycles. The number of carbonyl (C=O) groups excluding carboxylic acids is 3. The van der Waals surface area contributed by atoms with E-state index in [9.17, 15) is 18.8 Å². The molecule has 0 radical (unpaired) electrons. The lowest BCUT2D eigenvalue weighted by atomic mass is 10.1. The first-order valence-corrected chi connectivity index (χ1v) is 17.3. The van der Waals surface area contributed by atoms with Crippen LogP contribution in [0.5, 0.6) is 5.75 Å². The first-order chi connectivity index (χ1) is 25.4. The fourth-order valence-electron chi connectivity index (χ4n) is 5.12. The van der Waals surface area contributed by atoms with Gasteiger partial charge in [0.05, 0.1) is 5.69 Å². The van der Waals surface area contributed by atoms with Crippen molar-refractivity contribution in [3.8, 4) is 5.75 Å². The number of carbonyl (C=O) groups is 3. The molecule has 1 atom stereocenters. The van der Waals surface area contributed by atoms with E-state index in [0.717, 1.165) is 16.0 Å². The average molecular weight is 708 g/mol. The summed E-state index contributed by atoms with van der Waals surface area (Å²) in [4.78, 5) is 40.9. The van der Waals surface area contributed by atoms with Gasteiger partial charge in [-0.15, -0.1) is 11.8 Å². The molecule has 7 nitrogen and oxygen atoms in total. The average Bonchev–Trinajstić information content (AvgIpc) is 3.19. The number of halogens is 1. The lowest BCUT2D eigenvalue weighted by Gasteiger charge is -2.18. The zero-order chi connectivity index (χ0) is 36.1. The van der Waals surface area contributed by atoms with E-state index in [1.807, 2.05) is 60.7 Å². The van der Waals surface area contributed by atoms with Gasteiger partial charge >= 0.3 is 0 Å². The molecule has 9 heteroatoms. The minimum Gasteiger partial charge on any atom is -0.489 e. The summed E-state index contributed by atoms with van der Waals surface area (Å²) in [5, 5.41) is 7.65. The smallest absolute Gasteiger partial charge is 0.272 e. The van der Waals surface area contributed by atoms with Crippen LogP contribution in [0.25, 0.3) is 6.08 Å². The van der Waals surface area contributed by atoms with Gasteiger partial charge in [-0.25, -0.2) is 4.39 Å². The van der Waals surface area contributed by atoms with Crippen LogP contribution in [0.3, 0.4) is 0 Å². The Morgan fingerprint density at radius 2 is 1.29 bits per heavy atom. The number of para-hydroxylation sites is 1. The minimum atomic E-state index is -0.681. The van der Waals surface area contributed by atoms with Gasteiger partial charge in [-0.05, 0) is 83.4 Å². The summed E-state index contributed by atoms with van der Waals surface area (Å²) in [5.74, 6) is -1.19. The van der Waals surface area contributed by atoms with Crippen LogP contribution in [0.15, 0.2) is 174 Å². The molecule has 0 fully saturated rings. The second-order valence-electron chi connectivity index (χ2n) is 11.6. The molecule has 0 bridgehead atoms. The van der Waals surface area contributed by atoms with Crippen LogP contribution in [0.2, 0.25) is 0 Å². The first kappa shape index (κ1) is 35.4. The van der Waals surface area contributed by atoms with E-state index < -0.39 is 22.9 Å². The number of rotatable bonds is 13. The number of ether oxygens (including phenoxy) is 1. The molecule has 258 valence electrons. The molecule has 0 aliphatic heterocycles. The normalized spacial score (nSPS) is 11.6. The van der Waals surface area contributed by atoms with E-state index in [2.05, 4.69) is 16.0 Å². The van der Waals surface area contributed by atoms with Crippen molar-refractivity contribution in [2.75, 3.05) is 10.6 Å². The summed E-state index contributed by atoms with van der Waals surface area (Å²) in [5.41, 5.74) is 3.49. The van der Waals surface area contributed by atoms with E-state index in [4.69, 9.17) is 4.74 Å². The third-order valence-corrected chi connectivity index (χ3v) is 9.07. The molecule has 0 aliphatic carbocycles. The monoisotopic (exact) mass is 707 g/mol. The summed E-state index contributed by atoms with van der Waals surface area (Å²) in [6.07, 6.45) is 1.60. The molecule has 1 unspecified atom stereocenters. The number of amides is 3. The summed E-state index contributed by atoms with van der Waals surface area (Å²) < 4.78 is 20.2. The number of hydrogen-bond donors (Lipinski definition) is 3. The summed E-state index contributed by atoms with van der Waals surface area (Å²) in [7, 11) is 0. The molecule has 0 aliphatic rings. The Hall–Kier alpha value is -6.45. The predicted octanol–water partition coefficient (Wildman–Crippen LogP) is 9.29. The standard InChI is InChI=1S/C43H34FN3O4S/c44-37-18-10-11-19-38(37)46-43(50)40(32-14-6-2-7-15-32)52-36-26-22-34(23-27-36)45-42(49)39(47-41(48)33-16-8-3-9-17-33)28-30-20-24-35(25-21-30)51-29-31-12-4-1-5-13-31/h1-28,40H,29H2,(H,45,49)(H,46,50)(H,47,48)/b39-28-. The Morgan fingerprint density at radius 3 is 1.96 bits per heavy atom. The van der Waals surface area contributed by atoms with Crippen LogP contribution < -0.4 is 20.7 Å². The lowest BCUT2D eigenvalue weighted by molar-refractivity contribution is -0.116. The van der Waals surface area contributed by atoms with E-state index in [0.29, 0.717) is 29.2 Å². The molecule has 3 N–H and O–H groups in total. The van der Waals surface area contributed by atoms with Crippen LogP contribution in [-0.4, -0.2) is 17.7 Å². The van der Waals surface area contributed by atoms with Crippen molar-refractivity contribution in [2.45, 2.75) is 16.8 Å². The summed E-state index contributed by atoms with van der Waals surface area (Å²) in [6, 6.07) is 47.9. The van der Waals surface area contributed by atoms with Crippen molar-refractivity contribution in [1.29, 1.82) is 0 Å². The SMILES string of the molecule is O=C(Nc1ccc(SC(C(=O)Nc2ccccc2F)c2ccccc2)cc1)/C(=C/c1ccc(OCc2ccccc2)cc1)NC(=O)c1ccccc1. The minimum absolute atomic E-state index is 0.0409. The molecular weight excluding hydrogens is 674 g/mol. The zero-order valence-corrected chi connectivity index (χ0v) is 28.7. The van der Waals surface area contributed by atoms with Gasteiger partial charge in [-0.3, -0.25) is 14.4 Å². The maximum atomic E-state index is 14.3. The first-order valence-electron chi connectivity index (χ1n) is 16.4. The van der Waals surface area contributed by atoms with E-state index in [1.54, 1.807) is 97.1 Å². The fraction of sp³-hybridized carbons (Fsp3) is 0.0465. The van der Waals surface area contributed by atoms with Gasteiger partial charge in [0.2, 0.25) is 5.91 Å². The lowest BCUT2D eigenvalue weighted by Crippen LogP contribution is -2.30. The molecule has 0 saturated carbocycles. The molecule has 0 saturated heterocycles. The fourth-order valence-corrected chi connectivity index (χ4v) is 6.15. The van der Waals surface area contributed by atoms with Crippen LogP contribution >= 0.6 is 11.8 Å². The summed E-state index contributed by atoms with van der Waals surface area (Å²) in [6.45, 7) is 0.419. The van der Waals surface area contributed by atoms with Crippen molar-refractivity contribution in [1.82, 2.24) is 5.32 Å². The van der Waals surface area contributed by atoms with E-state index >= 15 is 0 Å². The second-order valence-corrected chi connectivity index (χ2v) is 12.8. The maximum absolute atomic E-state index is 14.3. The van der Waals surface area contributed by atoms with Crippen molar-refractivity contribution in [3.63, 3.8) is 0 Å². The van der Waals surface area contributed by atoms with Gasteiger partial charge in [0.1, 0.15) is 29.1 Å². The van der Waals surface area contributed by atoms with E-state index in [-0.39, 0.29) is 17.3 Å². The van der Waals surface area contributed by atoms with Gasteiger partial charge in [0.15, 0.2) is 0 Å². The van der Waals surface area contributed by atoms with Crippen LogP contribution in [0, 0.1) is 5.82 Å². The highest BCUT2D eigenvalue weighted by Crippen LogP contribution is 2.37. The van der Waals surface area contributed by atoms with Gasteiger partial charge in [-0.1, -0.05) is 103 Å². The quantitative estimate of drug-likeness (QED) is 0.0822. The van der Waals surface area contributed by atoms with Crippen molar-refractivity contribution >= 4 is 46.9 Å². The Labute approximate surface area is 305 Å². The maximum Gasteiger partial charge on any atom is 0.272 e.